The number of alkyl halides is 6. The zero-order chi connectivity index (χ0) is 46.0. The fourth-order valence-electron chi connectivity index (χ4n) is 5.52. The van der Waals surface area contributed by atoms with E-state index in [4.69, 9.17) is 34.4 Å². The van der Waals surface area contributed by atoms with Gasteiger partial charge in [-0.3, -0.25) is 34.2 Å². The highest BCUT2D eigenvalue weighted by atomic mass is 32.2. The number of hydrogen-bond donors (Lipinski definition) is 10. The van der Waals surface area contributed by atoms with Crippen LogP contribution in [0.4, 0.5) is 49.1 Å². The molecular formula is C37H49F6N13O4S2. The van der Waals surface area contributed by atoms with E-state index in [0.717, 1.165) is 41.7 Å². The summed E-state index contributed by atoms with van der Waals surface area (Å²) in [4.78, 5) is 64.8. The van der Waals surface area contributed by atoms with Crippen LogP contribution in [0.1, 0.15) is 56.1 Å². The molecule has 0 aliphatic carbocycles. The average Bonchev–Trinajstić information content (AvgIpc) is 3.18. The van der Waals surface area contributed by atoms with E-state index in [1.807, 2.05) is 0 Å². The van der Waals surface area contributed by atoms with Crippen LogP contribution in [-0.4, -0.2) is 79.4 Å². The number of nitrogens with two attached hydrogens (primary N) is 6. The van der Waals surface area contributed by atoms with Crippen LogP contribution >= 0.6 is 23.5 Å². The maximum atomic E-state index is 14.1. The van der Waals surface area contributed by atoms with Crippen LogP contribution in [0.5, 0.6) is 0 Å². The second-order valence-corrected chi connectivity index (χ2v) is 15.6. The van der Waals surface area contributed by atoms with Crippen molar-refractivity contribution < 1.29 is 45.5 Å². The number of guanidine groups is 2. The number of benzene rings is 2. The van der Waals surface area contributed by atoms with Crippen LogP contribution in [-0.2, 0) is 31.5 Å². The first-order valence-corrected chi connectivity index (χ1v) is 20.9. The van der Waals surface area contributed by atoms with Crippen molar-refractivity contribution in [3.8, 4) is 0 Å². The Morgan fingerprint density at radius 1 is 0.661 bits per heavy atom. The molecule has 0 saturated heterocycles. The zero-order valence-corrected chi connectivity index (χ0v) is 34.9. The third-order valence-electron chi connectivity index (χ3n) is 8.35. The Labute approximate surface area is 361 Å². The van der Waals surface area contributed by atoms with Crippen molar-refractivity contribution in [3.05, 3.63) is 47.2 Å². The standard InChI is InChI=1S/C37H49F6N13O4S2/c38-36(39,40)21-16-23(53-28(57)5-1-3-10-51-34(46)47)30(61-13-8-44)25(18-21)55-32(59)20-7-12-50-27(15-20)33(60)56-26-19-22(37(41,42)43)17-24(31(26)62-14-9-45)54-29(58)6-2-4-11-52-35(48)49/h12,15-20H,1-11,13-14,44-45H2,(H,53,57)(H,54,58)(H,55,59)(H,56,60)(H4,46,47,51)(H4,48,49,52). The second-order valence-electron chi connectivity index (χ2n) is 13.3. The van der Waals surface area contributed by atoms with Crippen LogP contribution in [0.25, 0.3) is 0 Å². The minimum Gasteiger partial charge on any atom is -0.370 e. The predicted molar refractivity (Wildman–Crippen MR) is 231 cm³/mol. The molecule has 0 spiro atoms. The number of anilines is 4. The minimum absolute atomic E-state index is 0.0567. The van der Waals surface area contributed by atoms with Crippen molar-refractivity contribution in [2.24, 2.45) is 55.3 Å². The zero-order valence-electron chi connectivity index (χ0n) is 33.3. The van der Waals surface area contributed by atoms with Gasteiger partial charge in [0, 0.05) is 56.7 Å². The summed E-state index contributed by atoms with van der Waals surface area (Å²) >= 11 is 1.95. The molecular weight excluding hydrogens is 869 g/mol. The third kappa shape index (κ3) is 16.7. The lowest BCUT2D eigenvalue weighted by Gasteiger charge is -2.22. The number of carbonyl (C=O) groups is 4. The van der Waals surface area contributed by atoms with E-state index in [1.165, 1.54) is 6.21 Å². The van der Waals surface area contributed by atoms with Gasteiger partial charge < -0.3 is 55.7 Å². The maximum absolute atomic E-state index is 14.1. The van der Waals surface area contributed by atoms with Crippen molar-refractivity contribution >= 4 is 88.0 Å². The molecule has 1 aliphatic rings. The molecule has 0 aromatic heterocycles. The van der Waals surface area contributed by atoms with Crippen LogP contribution in [0.2, 0.25) is 0 Å². The fourth-order valence-corrected chi connectivity index (χ4v) is 7.23. The van der Waals surface area contributed by atoms with Crippen molar-refractivity contribution in [1.82, 2.24) is 0 Å². The lowest BCUT2D eigenvalue weighted by Crippen LogP contribution is -2.26. The Kier molecular flexibility index (Phi) is 19.8. The number of thioether (sulfide) groups is 2. The normalized spacial score (nSPS) is 13.7. The summed E-state index contributed by atoms with van der Waals surface area (Å²) in [6.07, 6.45) is -6.34. The van der Waals surface area contributed by atoms with Crippen LogP contribution in [0.3, 0.4) is 0 Å². The van der Waals surface area contributed by atoms with E-state index in [-0.39, 0.29) is 101 Å². The highest BCUT2D eigenvalue weighted by Crippen LogP contribution is 2.43. The van der Waals surface area contributed by atoms with Gasteiger partial charge in [-0.15, -0.1) is 23.5 Å². The van der Waals surface area contributed by atoms with Gasteiger partial charge in [0.05, 0.1) is 49.6 Å². The lowest BCUT2D eigenvalue weighted by molar-refractivity contribution is -0.138. The molecule has 340 valence electrons. The summed E-state index contributed by atoms with van der Waals surface area (Å²) in [5.41, 5.74) is 28.6. The van der Waals surface area contributed by atoms with Gasteiger partial charge in [0.25, 0.3) is 5.91 Å². The summed E-state index contributed by atoms with van der Waals surface area (Å²) in [6, 6.07) is 2.85. The lowest BCUT2D eigenvalue weighted by atomic mass is 10.0. The van der Waals surface area contributed by atoms with Crippen LogP contribution in [0, 0.1) is 5.92 Å². The molecule has 4 amide bonds. The minimum atomic E-state index is -4.91. The number of aliphatic imine (C=N–C) groups is 3. The van der Waals surface area contributed by atoms with Gasteiger partial charge in [0.1, 0.15) is 5.70 Å². The molecule has 25 heteroatoms. The second kappa shape index (κ2) is 24.2. The van der Waals surface area contributed by atoms with Crippen molar-refractivity contribution in [3.63, 3.8) is 0 Å². The van der Waals surface area contributed by atoms with E-state index in [1.54, 1.807) is 0 Å². The average molecular weight is 918 g/mol. The molecule has 1 heterocycles. The molecule has 2 aromatic carbocycles. The Hall–Kier alpha value is -5.53. The van der Waals surface area contributed by atoms with Gasteiger partial charge in [-0.1, -0.05) is 0 Å². The number of nitrogens with zero attached hydrogens (tertiary/aromatic N) is 3. The summed E-state index contributed by atoms with van der Waals surface area (Å²) in [5.74, 6) is -4.24. The Bertz CT molecular complexity index is 2040. The number of carbonyl (C=O) groups excluding carboxylic acids is 4. The van der Waals surface area contributed by atoms with E-state index in [0.29, 0.717) is 37.8 Å². The molecule has 0 saturated carbocycles. The molecule has 62 heavy (non-hydrogen) atoms. The maximum Gasteiger partial charge on any atom is 0.416 e. The van der Waals surface area contributed by atoms with Gasteiger partial charge in [-0.25, -0.2) is 0 Å². The van der Waals surface area contributed by atoms with Crippen molar-refractivity contribution in [1.29, 1.82) is 0 Å². The summed E-state index contributed by atoms with van der Waals surface area (Å²) in [5, 5.41) is 9.86. The van der Waals surface area contributed by atoms with Gasteiger partial charge >= 0.3 is 12.4 Å². The Balaban J connectivity index is 1.92. The van der Waals surface area contributed by atoms with Gasteiger partial charge in [-0.2, -0.15) is 26.3 Å². The quantitative estimate of drug-likeness (QED) is 0.0262. The van der Waals surface area contributed by atoms with Gasteiger partial charge in [0.2, 0.25) is 17.7 Å². The SMILES string of the molecule is NCCSc1c(NC(=O)CCCCN=C(N)N)cc(C(F)(F)F)cc1NC(=O)C1=CC(C(=O)Nc2cc(C(F)(F)F)cc(NC(=O)CCCCN=C(N)N)c2SCCN)CC=N1. The molecule has 1 atom stereocenters. The molecule has 0 bridgehead atoms. The number of unbranched alkanes of at least 4 members (excludes halogenated alkanes) is 2. The smallest absolute Gasteiger partial charge is 0.370 e. The Morgan fingerprint density at radius 3 is 1.48 bits per heavy atom. The number of amides is 4. The first-order chi connectivity index (χ1) is 29.2. The van der Waals surface area contributed by atoms with Crippen LogP contribution < -0.4 is 55.7 Å². The monoisotopic (exact) mass is 917 g/mol. The summed E-state index contributed by atoms with van der Waals surface area (Å²) in [7, 11) is 0. The number of hydrogen-bond acceptors (Lipinski definition) is 11. The van der Waals surface area contributed by atoms with Gasteiger partial charge in [-0.05, 0) is 62.4 Å². The van der Waals surface area contributed by atoms with E-state index < -0.39 is 58.7 Å². The number of nitrogens with one attached hydrogen (secondary N) is 4. The fraction of sp³-hybridized carbons (Fsp3) is 0.432. The Morgan fingerprint density at radius 2 is 1.08 bits per heavy atom. The molecule has 0 radical (unpaired) electrons. The third-order valence-corrected chi connectivity index (χ3v) is 10.7. The molecule has 2 aromatic rings. The van der Waals surface area contributed by atoms with E-state index in [2.05, 4.69) is 36.2 Å². The van der Waals surface area contributed by atoms with Crippen molar-refractivity contribution in [2.75, 3.05) is 59.0 Å². The summed E-state index contributed by atoms with van der Waals surface area (Å²) < 4.78 is 84.9. The largest absolute Gasteiger partial charge is 0.416 e. The predicted octanol–water partition coefficient (Wildman–Crippen LogP) is 4.14. The van der Waals surface area contributed by atoms with Crippen LogP contribution in [0.15, 0.2) is 60.8 Å². The highest BCUT2D eigenvalue weighted by Gasteiger charge is 2.35. The molecule has 1 aliphatic heterocycles. The number of halogens is 6. The van der Waals surface area contributed by atoms with E-state index in [9.17, 15) is 45.5 Å². The first-order valence-electron chi connectivity index (χ1n) is 19.0. The van der Waals surface area contributed by atoms with E-state index >= 15 is 0 Å². The highest BCUT2D eigenvalue weighted by molar-refractivity contribution is 7.99. The summed E-state index contributed by atoms with van der Waals surface area (Å²) in [6.45, 7) is 0.644. The topological polar surface area (TPSA) is 310 Å². The molecule has 0 fully saturated rings. The van der Waals surface area contributed by atoms with Crippen molar-refractivity contribution in [2.45, 2.75) is 67.1 Å². The number of rotatable bonds is 22. The molecule has 17 nitrogen and oxygen atoms in total. The molecule has 16 N–H and O–H groups in total. The first kappa shape index (κ1) is 50.8. The molecule has 3 rings (SSSR count). The van der Waals surface area contributed by atoms with Gasteiger partial charge in [0.15, 0.2) is 11.9 Å². The molecule has 1 unspecified atom stereocenters.